The van der Waals surface area contributed by atoms with Gasteiger partial charge in [0, 0.05) is 40.2 Å². The number of aromatic hydroxyl groups is 1. The Morgan fingerprint density at radius 1 is 0.974 bits per heavy atom. The first-order valence-electron chi connectivity index (χ1n) is 13.4. The van der Waals surface area contributed by atoms with Gasteiger partial charge in [-0.1, -0.05) is 46.8 Å². The van der Waals surface area contributed by atoms with Crippen LogP contribution < -0.4 is 10.6 Å². The monoisotopic (exact) mass is 524 g/mol. The minimum absolute atomic E-state index is 0.00276. The van der Waals surface area contributed by atoms with Crippen molar-refractivity contribution in [3.63, 3.8) is 0 Å². The van der Waals surface area contributed by atoms with E-state index in [0.717, 1.165) is 11.3 Å². The molecule has 7 heteroatoms. The number of aromatic nitrogens is 2. The van der Waals surface area contributed by atoms with Gasteiger partial charge in [0.1, 0.15) is 5.75 Å². The number of hydrogen-bond donors (Lipinski definition) is 4. The highest BCUT2D eigenvalue weighted by Gasteiger charge is 2.37. The molecule has 0 aliphatic rings. The summed E-state index contributed by atoms with van der Waals surface area (Å²) in [5.41, 5.74) is 0.433. The van der Waals surface area contributed by atoms with Crippen molar-refractivity contribution in [3.05, 3.63) is 53.7 Å². The smallest absolute Gasteiger partial charge is 0.183 e. The van der Waals surface area contributed by atoms with E-state index in [1.165, 1.54) is 0 Å². The normalized spacial score (nSPS) is 14.3. The highest BCUT2D eigenvalue weighted by atomic mass is 16.3. The van der Waals surface area contributed by atoms with E-state index in [0.29, 0.717) is 25.0 Å². The van der Waals surface area contributed by atoms with Gasteiger partial charge in [-0.3, -0.25) is 9.59 Å². The number of ketones is 2. The van der Waals surface area contributed by atoms with E-state index in [1.807, 2.05) is 40.7 Å². The summed E-state index contributed by atoms with van der Waals surface area (Å²) in [5, 5.41) is 16.6. The summed E-state index contributed by atoms with van der Waals surface area (Å²) in [6, 6.07) is 6.42. The highest BCUT2D eigenvalue weighted by Crippen LogP contribution is 2.31. The molecule has 210 valence electrons. The molecule has 38 heavy (non-hydrogen) atoms. The van der Waals surface area contributed by atoms with Crippen LogP contribution in [0.25, 0.3) is 6.08 Å². The summed E-state index contributed by atoms with van der Waals surface area (Å²) in [7, 11) is 0. The van der Waals surface area contributed by atoms with E-state index in [1.54, 1.807) is 36.8 Å². The lowest BCUT2D eigenvalue weighted by Gasteiger charge is -2.36. The van der Waals surface area contributed by atoms with Gasteiger partial charge in [-0.25, -0.2) is 4.98 Å². The molecule has 1 unspecified atom stereocenters. The molecular formula is C31H48N4O3. The van der Waals surface area contributed by atoms with Crippen molar-refractivity contribution in [2.24, 2.45) is 10.8 Å². The summed E-state index contributed by atoms with van der Waals surface area (Å²) >= 11 is 0. The number of aromatic amines is 1. The van der Waals surface area contributed by atoms with Crippen molar-refractivity contribution < 1.29 is 14.7 Å². The number of allylic oxidation sites excluding steroid dienone is 1. The van der Waals surface area contributed by atoms with Crippen LogP contribution in [0.3, 0.4) is 0 Å². The Morgan fingerprint density at radius 3 is 2.08 bits per heavy atom. The average Bonchev–Trinajstić information content (AvgIpc) is 3.29. The molecule has 1 heterocycles. The minimum Gasteiger partial charge on any atom is -0.508 e. The molecule has 0 fully saturated rings. The third-order valence-corrected chi connectivity index (χ3v) is 6.55. The Hall–Kier alpha value is -2.93. The number of carbonyl (C=O) groups excluding carboxylic acids is 2. The molecule has 0 radical (unpaired) electrons. The predicted octanol–water partition coefficient (Wildman–Crippen LogP) is 5.81. The predicted molar refractivity (Wildman–Crippen MR) is 155 cm³/mol. The van der Waals surface area contributed by atoms with Gasteiger partial charge in [0.25, 0.3) is 0 Å². The summed E-state index contributed by atoms with van der Waals surface area (Å²) in [6.07, 6.45) is 7.10. The zero-order chi connectivity index (χ0) is 28.9. The van der Waals surface area contributed by atoms with Crippen LogP contribution in [-0.4, -0.2) is 43.8 Å². The lowest BCUT2D eigenvalue weighted by Crippen LogP contribution is -2.53. The first-order valence-corrected chi connectivity index (χ1v) is 13.4. The van der Waals surface area contributed by atoms with Gasteiger partial charge in [-0.15, -0.1) is 0 Å². The van der Waals surface area contributed by atoms with Crippen LogP contribution in [-0.2, 0) is 16.0 Å². The second-order valence-corrected chi connectivity index (χ2v) is 13.7. The second-order valence-electron chi connectivity index (χ2n) is 13.7. The van der Waals surface area contributed by atoms with Gasteiger partial charge in [0.15, 0.2) is 11.6 Å². The molecule has 1 aromatic carbocycles. The van der Waals surface area contributed by atoms with Crippen LogP contribution in [0.5, 0.6) is 5.75 Å². The maximum absolute atomic E-state index is 13.8. The van der Waals surface area contributed by atoms with E-state index in [-0.39, 0.29) is 28.9 Å². The van der Waals surface area contributed by atoms with Crippen LogP contribution in [0.15, 0.2) is 42.5 Å². The number of rotatable bonds is 12. The van der Waals surface area contributed by atoms with E-state index in [4.69, 9.17) is 0 Å². The molecule has 0 bridgehead atoms. The molecule has 1 atom stereocenters. The Balaban J connectivity index is 2.22. The standard InChI is InChI=1S/C31H48N4O3/c1-28(2,3)26(37)24(17-21-11-13-23(36)14-12-21)35-31(9,10)16-15-30(7,8)27(38)25(34-29(4,5)6)18-22-19-32-20-33-22/h11-14,17,19-20,25,34-36H,15-16,18H2,1-10H3,(H,32,33)/b24-17+. The molecule has 0 aliphatic heterocycles. The first-order chi connectivity index (χ1) is 17.3. The quantitative estimate of drug-likeness (QED) is 0.261. The fourth-order valence-electron chi connectivity index (χ4n) is 4.29. The second kappa shape index (κ2) is 11.9. The molecular weight excluding hydrogens is 476 g/mol. The van der Waals surface area contributed by atoms with Crippen molar-refractivity contribution in [1.82, 2.24) is 20.6 Å². The Morgan fingerprint density at radius 2 is 1.58 bits per heavy atom. The van der Waals surface area contributed by atoms with Crippen molar-refractivity contribution >= 4 is 17.6 Å². The van der Waals surface area contributed by atoms with Gasteiger partial charge in [0.2, 0.25) is 0 Å². The van der Waals surface area contributed by atoms with Crippen LogP contribution >= 0.6 is 0 Å². The molecule has 7 nitrogen and oxygen atoms in total. The zero-order valence-electron chi connectivity index (χ0n) is 25.0. The van der Waals surface area contributed by atoms with Crippen LogP contribution in [0, 0.1) is 10.8 Å². The van der Waals surface area contributed by atoms with E-state index >= 15 is 0 Å². The summed E-state index contributed by atoms with van der Waals surface area (Å²) in [6.45, 7) is 20.0. The van der Waals surface area contributed by atoms with Crippen molar-refractivity contribution in [2.45, 2.75) is 106 Å². The molecule has 4 N–H and O–H groups in total. The summed E-state index contributed by atoms with van der Waals surface area (Å²) in [5.74, 6) is 0.337. The number of Topliss-reactive ketones (excluding diaryl/α,β-unsaturated/α-hetero) is 2. The van der Waals surface area contributed by atoms with Crippen molar-refractivity contribution in [2.75, 3.05) is 0 Å². The van der Waals surface area contributed by atoms with Crippen LogP contribution in [0.1, 0.15) is 93.3 Å². The number of phenolic OH excluding ortho intramolecular Hbond substituents is 1. The molecule has 0 aliphatic carbocycles. The average molecular weight is 525 g/mol. The SMILES string of the molecule is CC(C)(C)NC(Cc1cnc[nH]1)C(=O)C(C)(C)CCC(C)(C)N/C(=C/c1ccc(O)cc1)C(=O)C(C)(C)C. The molecule has 0 amide bonds. The first kappa shape index (κ1) is 31.3. The van der Waals surface area contributed by atoms with E-state index in [2.05, 4.69) is 55.2 Å². The number of benzene rings is 1. The third kappa shape index (κ3) is 9.75. The Kier molecular flexibility index (Phi) is 9.76. The molecule has 2 aromatic rings. The molecule has 2 rings (SSSR count). The maximum Gasteiger partial charge on any atom is 0.183 e. The fourth-order valence-corrected chi connectivity index (χ4v) is 4.29. The lowest BCUT2D eigenvalue weighted by atomic mass is 9.76. The van der Waals surface area contributed by atoms with Gasteiger partial charge in [-0.05, 0) is 71.2 Å². The highest BCUT2D eigenvalue weighted by molar-refractivity contribution is 6.02. The Bertz CT molecular complexity index is 1100. The molecule has 0 saturated heterocycles. The van der Waals surface area contributed by atoms with Crippen molar-refractivity contribution in [1.29, 1.82) is 0 Å². The van der Waals surface area contributed by atoms with Gasteiger partial charge in [-0.2, -0.15) is 0 Å². The van der Waals surface area contributed by atoms with E-state index in [9.17, 15) is 14.7 Å². The Labute approximate surface area is 228 Å². The number of phenols is 1. The van der Waals surface area contributed by atoms with Crippen LogP contribution in [0.4, 0.5) is 0 Å². The molecule has 0 saturated carbocycles. The van der Waals surface area contributed by atoms with Gasteiger partial charge < -0.3 is 20.7 Å². The minimum atomic E-state index is -0.587. The largest absolute Gasteiger partial charge is 0.508 e. The molecule has 0 spiro atoms. The van der Waals surface area contributed by atoms with Gasteiger partial charge in [0.05, 0.1) is 18.1 Å². The van der Waals surface area contributed by atoms with E-state index < -0.39 is 16.4 Å². The number of nitrogens with one attached hydrogen (secondary N) is 3. The number of imidazole rings is 1. The number of H-pyrrole nitrogens is 1. The molecule has 1 aromatic heterocycles. The fraction of sp³-hybridized carbons (Fsp3) is 0.581. The van der Waals surface area contributed by atoms with Gasteiger partial charge >= 0.3 is 0 Å². The lowest BCUT2D eigenvalue weighted by molar-refractivity contribution is -0.130. The van der Waals surface area contributed by atoms with Crippen molar-refractivity contribution in [3.8, 4) is 5.75 Å². The number of carbonyl (C=O) groups is 2. The maximum atomic E-state index is 13.8. The zero-order valence-corrected chi connectivity index (χ0v) is 25.0. The topological polar surface area (TPSA) is 107 Å². The number of hydrogen-bond acceptors (Lipinski definition) is 6. The summed E-state index contributed by atoms with van der Waals surface area (Å²) in [4.78, 5) is 34.4. The summed E-state index contributed by atoms with van der Waals surface area (Å²) < 4.78 is 0. The van der Waals surface area contributed by atoms with Crippen LogP contribution in [0.2, 0.25) is 0 Å². The third-order valence-electron chi connectivity index (χ3n) is 6.55. The number of nitrogens with zero attached hydrogens (tertiary/aromatic N) is 1.